The zero-order valence-corrected chi connectivity index (χ0v) is 9.24. The first-order chi connectivity index (χ1) is 7.02. The predicted octanol–water partition coefficient (Wildman–Crippen LogP) is 1.36. The lowest BCUT2D eigenvalue weighted by Gasteiger charge is -2.41. The van der Waals surface area contributed by atoms with E-state index in [-0.39, 0.29) is 17.9 Å². The third-order valence-corrected chi connectivity index (χ3v) is 3.40. The van der Waals surface area contributed by atoms with Crippen molar-refractivity contribution in [1.29, 1.82) is 0 Å². The van der Waals surface area contributed by atoms with Crippen molar-refractivity contribution >= 4 is 5.97 Å². The van der Waals surface area contributed by atoms with Crippen LogP contribution in [0.5, 0.6) is 0 Å². The molecule has 1 heterocycles. The first-order valence-corrected chi connectivity index (χ1v) is 5.27. The third-order valence-electron chi connectivity index (χ3n) is 3.40. The van der Waals surface area contributed by atoms with Crippen LogP contribution >= 0.6 is 0 Å². The summed E-state index contributed by atoms with van der Waals surface area (Å²) in [7, 11) is 0. The third kappa shape index (κ3) is 2.29. The van der Waals surface area contributed by atoms with Crippen molar-refractivity contribution in [3.63, 3.8) is 0 Å². The molecule has 0 amide bonds. The molecule has 0 saturated carbocycles. The molecule has 1 aliphatic heterocycles. The summed E-state index contributed by atoms with van der Waals surface area (Å²) in [6, 6.07) is -0.764. The fraction of sp³-hybridized carbons (Fsp3) is 0.900. The molecule has 5 atom stereocenters. The van der Waals surface area contributed by atoms with E-state index in [1.165, 1.54) is 0 Å². The summed E-state index contributed by atoms with van der Waals surface area (Å²) >= 11 is 0. The van der Waals surface area contributed by atoms with E-state index in [0.29, 0.717) is 0 Å². The highest BCUT2D eigenvalue weighted by Crippen LogP contribution is 2.32. The van der Waals surface area contributed by atoms with E-state index in [9.17, 15) is 9.28 Å². The molecule has 1 aliphatic rings. The van der Waals surface area contributed by atoms with Gasteiger partial charge in [-0.1, -0.05) is 20.8 Å². The van der Waals surface area contributed by atoms with E-state index in [2.05, 4.69) is 0 Å². The number of carboxylic acids is 1. The molecule has 0 radical (unpaired) electrons. The first kappa shape index (κ1) is 12.4. The number of ether oxygens (including phenoxy) is 1. The number of hydrogen-bond acceptors (Lipinski definition) is 3. The molecule has 15 heavy (non-hydrogen) atoms. The Balaban J connectivity index is 2.84. The van der Waals surface area contributed by atoms with Crippen LogP contribution in [0.3, 0.4) is 0 Å². The zero-order valence-electron chi connectivity index (χ0n) is 9.24. The van der Waals surface area contributed by atoms with Crippen molar-refractivity contribution in [3.05, 3.63) is 0 Å². The minimum absolute atomic E-state index is 0.0604. The summed E-state index contributed by atoms with van der Waals surface area (Å²) in [4.78, 5) is 10.9. The Labute approximate surface area is 88.7 Å². The average molecular weight is 219 g/mol. The molecule has 1 saturated heterocycles. The average Bonchev–Trinajstić information content (AvgIpc) is 2.21. The molecule has 0 spiro atoms. The monoisotopic (exact) mass is 219 g/mol. The van der Waals surface area contributed by atoms with Crippen molar-refractivity contribution < 1.29 is 19.1 Å². The Kier molecular flexibility index (Phi) is 4.04. The Hall–Kier alpha value is -0.680. The van der Waals surface area contributed by atoms with E-state index in [4.69, 9.17) is 9.84 Å². The van der Waals surface area contributed by atoms with Gasteiger partial charge in [0.1, 0.15) is 0 Å². The summed E-state index contributed by atoms with van der Waals surface area (Å²) in [5.74, 6) is -1.02. The second-order valence-corrected chi connectivity index (χ2v) is 4.19. The molecule has 5 heteroatoms. The van der Waals surface area contributed by atoms with Crippen LogP contribution in [-0.2, 0) is 9.53 Å². The maximum Gasteiger partial charge on any atom is 0.334 e. The highest BCUT2D eigenvalue weighted by Gasteiger charge is 2.44. The normalized spacial score (nSPS) is 41.5. The predicted molar refractivity (Wildman–Crippen MR) is 52.9 cm³/mol. The van der Waals surface area contributed by atoms with Gasteiger partial charge in [-0.15, -0.1) is 4.48 Å². The van der Waals surface area contributed by atoms with Gasteiger partial charge in [0.2, 0.25) is 0 Å². The molecular weight excluding hydrogens is 201 g/mol. The standard InChI is InChI=1S/C10H18FNO3/c1-4-7-5(2)6(3)8(12-11)9(15-7)10(13)14/h5-9,12H,4H2,1-3H3,(H,13,14)/t5?,6-,7+,8?,9?/m0/s1. The number of halogens is 1. The molecule has 0 aromatic carbocycles. The lowest BCUT2D eigenvalue weighted by atomic mass is 9.79. The topological polar surface area (TPSA) is 58.6 Å². The van der Waals surface area contributed by atoms with Gasteiger partial charge >= 0.3 is 5.97 Å². The molecule has 0 bridgehead atoms. The number of aliphatic carboxylic acids is 1. The highest BCUT2D eigenvalue weighted by atomic mass is 19.2. The lowest BCUT2D eigenvalue weighted by Crippen LogP contribution is -2.56. The van der Waals surface area contributed by atoms with E-state index in [1.54, 1.807) is 5.54 Å². The molecule has 0 aromatic rings. The minimum atomic E-state index is -1.11. The summed E-state index contributed by atoms with van der Waals surface area (Å²) in [6.07, 6.45) is -0.453. The summed E-state index contributed by atoms with van der Waals surface area (Å²) < 4.78 is 17.9. The molecule has 3 unspecified atom stereocenters. The lowest BCUT2D eigenvalue weighted by molar-refractivity contribution is -0.177. The Morgan fingerprint density at radius 2 is 2.07 bits per heavy atom. The van der Waals surface area contributed by atoms with Gasteiger partial charge in [-0.2, -0.15) is 5.54 Å². The smallest absolute Gasteiger partial charge is 0.334 e. The van der Waals surface area contributed by atoms with Crippen LogP contribution in [0, 0.1) is 11.8 Å². The quantitative estimate of drug-likeness (QED) is 0.704. The zero-order chi connectivity index (χ0) is 11.6. The van der Waals surface area contributed by atoms with Crippen molar-refractivity contribution in [2.24, 2.45) is 11.8 Å². The van der Waals surface area contributed by atoms with Crippen LogP contribution in [-0.4, -0.2) is 29.3 Å². The van der Waals surface area contributed by atoms with Crippen LogP contribution in [0.4, 0.5) is 4.48 Å². The SMILES string of the molecule is CC[C@H]1OC(C(=O)O)C(NF)[C@@H](C)C1C. The van der Waals surface area contributed by atoms with Crippen LogP contribution in [0.15, 0.2) is 0 Å². The molecule has 0 aliphatic carbocycles. The van der Waals surface area contributed by atoms with Crippen LogP contribution in [0.25, 0.3) is 0 Å². The molecule has 4 nitrogen and oxygen atoms in total. The number of carbonyl (C=O) groups is 1. The largest absolute Gasteiger partial charge is 0.479 e. The molecule has 88 valence electrons. The van der Waals surface area contributed by atoms with E-state index in [0.717, 1.165) is 6.42 Å². The van der Waals surface area contributed by atoms with Crippen LogP contribution < -0.4 is 5.54 Å². The summed E-state index contributed by atoms with van der Waals surface area (Å²) in [5, 5.41) is 8.93. The van der Waals surface area contributed by atoms with Gasteiger partial charge in [0.25, 0.3) is 0 Å². The van der Waals surface area contributed by atoms with E-state index < -0.39 is 18.1 Å². The van der Waals surface area contributed by atoms with Crippen molar-refractivity contribution in [2.45, 2.75) is 45.4 Å². The van der Waals surface area contributed by atoms with Gasteiger partial charge in [-0.05, 0) is 18.3 Å². The number of hydrogen-bond donors (Lipinski definition) is 2. The fourth-order valence-corrected chi connectivity index (χ4v) is 2.17. The molecule has 1 fully saturated rings. The van der Waals surface area contributed by atoms with Crippen molar-refractivity contribution in [3.8, 4) is 0 Å². The van der Waals surface area contributed by atoms with Crippen molar-refractivity contribution in [2.75, 3.05) is 0 Å². The van der Waals surface area contributed by atoms with E-state index >= 15 is 0 Å². The second-order valence-electron chi connectivity index (χ2n) is 4.19. The van der Waals surface area contributed by atoms with Gasteiger partial charge in [0.15, 0.2) is 6.10 Å². The van der Waals surface area contributed by atoms with Crippen molar-refractivity contribution in [1.82, 2.24) is 5.54 Å². The van der Waals surface area contributed by atoms with Crippen LogP contribution in [0.1, 0.15) is 27.2 Å². The molecule has 2 N–H and O–H groups in total. The van der Waals surface area contributed by atoms with Gasteiger partial charge in [-0.25, -0.2) is 4.79 Å². The minimum Gasteiger partial charge on any atom is -0.479 e. The maximum atomic E-state index is 12.6. The van der Waals surface area contributed by atoms with Gasteiger partial charge < -0.3 is 9.84 Å². The second kappa shape index (κ2) is 4.90. The Morgan fingerprint density at radius 1 is 1.47 bits per heavy atom. The van der Waals surface area contributed by atoms with Gasteiger partial charge in [-0.3, -0.25) is 0 Å². The Bertz CT molecular complexity index is 237. The number of nitrogens with one attached hydrogen (secondary N) is 1. The summed E-state index contributed by atoms with van der Waals surface area (Å²) in [6.45, 7) is 5.75. The fourth-order valence-electron chi connectivity index (χ4n) is 2.17. The molecule has 1 rings (SSSR count). The van der Waals surface area contributed by atoms with Crippen LogP contribution in [0.2, 0.25) is 0 Å². The number of carboxylic acid groups (broad SMARTS) is 1. The first-order valence-electron chi connectivity index (χ1n) is 5.27. The summed E-state index contributed by atoms with van der Waals surface area (Å²) in [5.41, 5.74) is 1.55. The number of rotatable bonds is 3. The highest BCUT2D eigenvalue weighted by molar-refractivity contribution is 5.73. The Morgan fingerprint density at radius 3 is 2.47 bits per heavy atom. The van der Waals surface area contributed by atoms with Gasteiger partial charge in [0.05, 0.1) is 12.1 Å². The van der Waals surface area contributed by atoms with E-state index in [1.807, 2.05) is 20.8 Å². The molecule has 0 aromatic heterocycles. The molecular formula is C10H18FNO3. The maximum absolute atomic E-state index is 12.6. The van der Waals surface area contributed by atoms with Gasteiger partial charge in [0, 0.05) is 0 Å².